The lowest BCUT2D eigenvalue weighted by Gasteiger charge is -2.30. The molecule has 0 aliphatic carbocycles. The van der Waals surface area contributed by atoms with Gasteiger partial charge in [0.05, 0.1) is 24.0 Å². The molecule has 0 unspecified atom stereocenters. The lowest BCUT2D eigenvalue weighted by atomic mass is 10.0. The van der Waals surface area contributed by atoms with E-state index in [9.17, 15) is 8.42 Å². The van der Waals surface area contributed by atoms with Crippen molar-refractivity contribution in [3.63, 3.8) is 0 Å². The van der Waals surface area contributed by atoms with Gasteiger partial charge in [-0.2, -0.15) is 0 Å². The van der Waals surface area contributed by atoms with Gasteiger partial charge < -0.3 is 14.2 Å². The van der Waals surface area contributed by atoms with Gasteiger partial charge in [-0.15, -0.1) is 22.6 Å². The summed E-state index contributed by atoms with van der Waals surface area (Å²) in [6.45, 7) is 5.69. The van der Waals surface area contributed by atoms with Crippen molar-refractivity contribution in [1.82, 2.24) is 24.6 Å². The predicted octanol–water partition coefficient (Wildman–Crippen LogP) is 4.50. The molecular formula is C29H35ClN6O3S2. The number of fused-ring (bicyclic) bond motifs is 3. The van der Waals surface area contributed by atoms with E-state index in [-0.39, 0.29) is 12.4 Å². The minimum Gasteiger partial charge on any atom is -0.489 e. The fourth-order valence-corrected chi connectivity index (χ4v) is 7.35. The van der Waals surface area contributed by atoms with Crippen LogP contribution >= 0.6 is 24.2 Å². The molecule has 2 aliphatic rings. The first-order valence-electron chi connectivity index (χ1n) is 13.7. The van der Waals surface area contributed by atoms with Gasteiger partial charge in [0, 0.05) is 42.5 Å². The van der Waals surface area contributed by atoms with Crippen LogP contribution in [-0.4, -0.2) is 77.9 Å². The van der Waals surface area contributed by atoms with Gasteiger partial charge in [-0.05, 0) is 68.1 Å². The van der Waals surface area contributed by atoms with E-state index in [2.05, 4.69) is 42.8 Å². The number of benzene rings is 2. The molecule has 2 aromatic heterocycles. The number of aryl methyl sites for hydroxylation is 1. The Bertz CT molecular complexity index is 1680. The first-order chi connectivity index (χ1) is 19.3. The van der Waals surface area contributed by atoms with Gasteiger partial charge in [0.25, 0.3) is 0 Å². The number of sulfonamides is 1. The summed E-state index contributed by atoms with van der Waals surface area (Å²) < 4.78 is 34.0. The molecule has 4 aromatic rings. The monoisotopic (exact) mass is 614 g/mol. The molecule has 0 atom stereocenters. The van der Waals surface area contributed by atoms with Crippen molar-refractivity contribution in [2.24, 2.45) is 7.05 Å². The van der Waals surface area contributed by atoms with Gasteiger partial charge in [-0.1, -0.05) is 30.0 Å². The van der Waals surface area contributed by atoms with E-state index in [1.54, 1.807) is 11.8 Å². The molecule has 0 saturated carbocycles. The van der Waals surface area contributed by atoms with Crippen molar-refractivity contribution in [2.75, 3.05) is 49.1 Å². The molecule has 9 nitrogen and oxygen atoms in total. The lowest BCUT2D eigenvalue weighted by molar-refractivity contribution is 0.289. The Labute approximate surface area is 251 Å². The molecule has 0 saturated heterocycles. The maximum Gasteiger partial charge on any atom is 0.232 e. The zero-order valence-corrected chi connectivity index (χ0v) is 26.0. The molecule has 0 fully saturated rings. The second-order valence-corrected chi connectivity index (χ2v) is 13.5. The Balaban J connectivity index is 0.00000337. The second-order valence-electron chi connectivity index (χ2n) is 10.5. The Morgan fingerprint density at radius 1 is 1.02 bits per heavy atom. The summed E-state index contributed by atoms with van der Waals surface area (Å²) in [5.41, 5.74) is 6.17. The molecule has 2 aliphatic heterocycles. The van der Waals surface area contributed by atoms with Crippen molar-refractivity contribution >= 4 is 50.8 Å². The van der Waals surface area contributed by atoms with Gasteiger partial charge in [-0.25, -0.2) is 8.42 Å². The predicted molar refractivity (Wildman–Crippen MR) is 167 cm³/mol. The minimum absolute atomic E-state index is 0. The SMILES string of the molecule is Cc1ccc2c(-c3nnc(SCCCN4CCc5cc6c(cc5CC4)N(S(C)(=O)=O)CCO6)n3C)cccc2n1.Cl. The molecule has 0 radical (unpaired) electrons. The van der Waals surface area contributed by atoms with E-state index in [0.29, 0.717) is 24.6 Å². The first kappa shape index (κ1) is 29.6. The summed E-state index contributed by atoms with van der Waals surface area (Å²) >= 11 is 1.74. The third kappa shape index (κ3) is 6.18. The van der Waals surface area contributed by atoms with Crippen LogP contribution in [0.5, 0.6) is 5.75 Å². The van der Waals surface area contributed by atoms with Crippen LogP contribution in [0.25, 0.3) is 22.3 Å². The first-order valence-corrected chi connectivity index (χ1v) is 16.5. The third-order valence-electron chi connectivity index (χ3n) is 7.69. The molecule has 0 bridgehead atoms. The van der Waals surface area contributed by atoms with Crippen molar-refractivity contribution in [3.8, 4) is 17.1 Å². The van der Waals surface area contributed by atoms with Crippen LogP contribution in [0, 0.1) is 6.92 Å². The summed E-state index contributed by atoms with van der Waals surface area (Å²) in [7, 11) is -1.30. The van der Waals surface area contributed by atoms with E-state index < -0.39 is 10.0 Å². The highest BCUT2D eigenvalue weighted by Crippen LogP contribution is 2.37. The highest BCUT2D eigenvalue weighted by atomic mass is 35.5. The lowest BCUT2D eigenvalue weighted by Crippen LogP contribution is -2.37. The van der Waals surface area contributed by atoms with Crippen LogP contribution in [0.15, 0.2) is 47.6 Å². The van der Waals surface area contributed by atoms with Gasteiger partial charge in [0.1, 0.15) is 12.4 Å². The smallest absolute Gasteiger partial charge is 0.232 e. The van der Waals surface area contributed by atoms with Crippen LogP contribution in [-0.2, 0) is 29.9 Å². The van der Waals surface area contributed by atoms with Crippen molar-refractivity contribution in [3.05, 3.63) is 59.3 Å². The van der Waals surface area contributed by atoms with Gasteiger partial charge in [-0.3, -0.25) is 9.29 Å². The fraction of sp³-hybridized carbons (Fsp3) is 0.414. The highest BCUT2D eigenvalue weighted by Gasteiger charge is 2.27. The fourth-order valence-electron chi connectivity index (χ4n) is 5.60. The number of hydrogen-bond donors (Lipinski definition) is 0. The maximum absolute atomic E-state index is 12.3. The second kappa shape index (κ2) is 12.2. The van der Waals surface area contributed by atoms with E-state index >= 15 is 0 Å². The molecule has 0 spiro atoms. The van der Waals surface area contributed by atoms with Gasteiger partial charge in [0.15, 0.2) is 11.0 Å². The summed E-state index contributed by atoms with van der Waals surface area (Å²) in [5.74, 6) is 2.49. The minimum atomic E-state index is -3.33. The average molecular weight is 615 g/mol. The quantitative estimate of drug-likeness (QED) is 0.222. The van der Waals surface area contributed by atoms with Crippen LogP contribution in [0.1, 0.15) is 23.2 Å². The zero-order valence-electron chi connectivity index (χ0n) is 23.5. The molecule has 6 rings (SSSR count). The largest absolute Gasteiger partial charge is 0.489 e. The standard InChI is InChI=1S/C29H34N6O3S2.ClH/c1-20-8-9-23-24(6-4-7-25(23)30-20)28-31-32-29(33(28)2)39-17-5-12-34-13-10-21-18-26-27(19-22(21)11-14-34)38-16-15-35(26)40(3,36)37;/h4,6-9,18-19H,5,10-17H2,1-3H3;1H. The van der Waals surface area contributed by atoms with E-state index in [1.165, 1.54) is 21.7 Å². The number of pyridine rings is 1. The topological polar surface area (TPSA) is 93.5 Å². The molecule has 2 aromatic carbocycles. The summed E-state index contributed by atoms with van der Waals surface area (Å²) in [5, 5.41) is 11.0. The number of thioether (sulfide) groups is 1. The molecule has 0 amide bonds. The van der Waals surface area contributed by atoms with Crippen molar-refractivity contribution in [2.45, 2.75) is 31.3 Å². The van der Waals surface area contributed by atoms with E-state index in [4.69, 9.17) is 4.74 Å². The number of hydrogen-bond acceptors (Lipinski definition) is 8. The van der Waals surface area contributed by atoms with Crippen LogP contribution in [0.4, 0.5) is 5.69 Å². The van der Waals surface area contributed by atoms with Crippen LogP contribution < -0.4 is 9.04 Å². The molecule has 218 valence electrons. The average Bonchev–Trinajstić information content (AvgIpc) is 3.17. The number of ether oxygens (including phenoxy) is 1. The number of nitrogens with zero attached hydrogens (tertiary/aromatic N) is 6. The summed E-state index contributed by atoms with van der Waals surface area (Å²) in [4.78, 5) is 7.16. The number of rotatable bonds is 7. The zero-order chi connectivity index (χ0) is 27.9. The molecule has 12 heteroatoms. The Hall–Kier alpha value is -2.86. The number of halogens is 1. The Morgan fingerprint density at radius 3 is 2.59 bits per heavy atom. The van der Waals surface area contributed by atoms with E-state index in [1.807, 2.05) is 38.2 Å². The van der Waals surface area contributed by atoms with Crippen molar-refractivity contribution in [1.29, 1.82) is 0 Å². The number of aromatic nitrogens is 4. The van der Waals surface area contributed by atoms with Gasteiger partial charge in [0.2, 0.25) is 10.0 Å². The molecule has 41 heavy (non-hydrogen) atoms. The van der Waals surface area contributed by atoms with Crippen molar-refractivity contribution < 1.29 is 13.2 Å². The summed E-state index contributed by atoms with van der Waals surface area (Å²) in [6, 6.07) is 14.4. The molecule has 0 N–H and O–H groups in total. The highest BCUT2D eigenvalue weighted by molar-refractivity contribution is 7.99. The van der Waals surface area contributed by atoms with Crippen LogP contribution in [0.3, 0.4) is 0 Å². The molecule has 4 heterocycles. The molecular weight excluding hydrogens is 580 g/mol. The summed E-state index contributed by atoms with van der Waals surface area (Å²) in [6.07, 6.45) is 4.14. The third-order valence-corrected chi connectivity index (χ3v) is 9.98. The maximum atomic E-state index is 12.3. The van der Waals surface area contributed by atoms with E-state index in [0.717, 1.165) is 77.8 Å². The van der Waals surface area contributed by atoms with Gasteiger partial charge >= 0.3 is 0 Å². The number of anilines is 1. The van der Waals surface area contributed by atoms with Crippen LogP contribution in [0.2, 0.25) is 0 Å². The Morgan fingerprint density at radius 2 is 1.80 bits per heavy atom. The Kier molecular flexibility index (Phi) is 8.79. The normalized spacial score (nSPS) is 15.5.